The number of rotatable bonds is 11. The van der Waals surface area contributed by atoms with Crippen LogP contribution in [0, 0.1) is 0 Å². The number of carbonyl (C=O) groups excluding carboxylic acids is 1. The highest BCUT2D eigenvalue weighted by atomic mass is 35.5. The molecule has 1 amide bonds. The summed E-state index contributed by atoms with van der Waals surface area (Å²) in [5, 5.41) is 8.96. The highest BCUT2D eigenvalue weighted by Gasteiger charge is 2.15. The number of amides is 1. The third kappa shape index (κ3) is 7.20. The van der Waals surface area contributed by atoms with Crippen molar-refractivity contribution in [1.29, 1.82) is 0 Å². The van der Waals surface area contributed by atoms with Crippen LogP contribution >= 0.6 is 11.6 Å². The first-order valence-electron chi connectivity index (χ1n) is 10.8. The highest BCUT2D eigenvalue weighted by Crippen LogP contribution is 2.32. The Morgan fingerprint density at radius 1 is 1.11 bits per heavy atom. The number of carbonyl (C=O) groups is 1. The SMILES string of the molecule is CNC(=O)c1ccccc1Nc1nc(Nc2ccc(NS(=O)(=O)CCN(C)C)cc2OC)ncc1Cl. The number of nitrogens with zero attached hydrogens (tertiary/aromatic N) is 3. The van der Waals surface area contributed by atoms with Gasteiger partial charge in [0.25, 0.3) is 5.91 Å². The lowest BCUT2D eigenvalue weighted by molar-refractivity contribution is 0.0964. The van der Waals surface area contributed by atoms with Crippen molar-refractivity contribution in [2.45, 2.75) is 0 Å². The molecule has 0 fully saturated rings. The lowest BCUT2D eigenvalue weighted by atomic mass is 10.1. The van der Waals surface area contributed by atoms with Crippen molar-refractivity contribution in [3.05, 3.63) is 59.2 Å². The summed E-state index contributed by atoms with van der Waals surface area (Å²) in [6.45, 7) is 0.393. The molecule has 1 aromatic heterocycles. The molecule has 0 radical (unpaired) electrons. The van der Waals surface area contributed by atoms with E-state index in [-0.39, 0.29) is 28.4 Å². The molecule has 0 aliphatic carbocycles. The summed E-state index contributed by atoms with van der Waals surface area (Å²) in [6, 6.07) is 11.8. The number of sulfonamides is 1. The Bertz CT molecular complexity index is 1340. The molecule has 3 rings (SSSR count). The number of aromatic nitrogens is 2. The van der Waals surface area contributed by atoms with E-state index < -0.39 is 10.0 Å². The molecule has 36 heavy (non-hydrogen) atoms. The van der Waals surface area contributed by atoms with Gasteiger partial charge in [0.05, 0.1) is 41.7 Å². The number of hydrogen-bond donors (Lipinski definition) is 4. The van der Waals surface area contributed by atoms with Gasteiger partial charge in [-0.3, -0.25) is 9.52 Å². The van der Waals surface area contributed by atoms with E-state index in [4.69, 9.17) is 16.3 Å². The van der Waals surface area contributed by atoms with Crippen molar-refractivity contribution in [1.82, 2.24) is 20.2 Å². The van der Waals surface area contributed by atoms with Crippen LogP contribution in [0.15, 0.2) is 48.7 Å². The largest absolute Gasteiger partial charge is 0.494 e. The van der Waals surface area contributed by atoms with Crippen LogP contribution in [0.25, 0.3) is 0 Å². The maximum Gasteiger partial charge on any atom is 0.253 e. The fourth-order valence-electron chi connectivity index (χ4n) is 3.08. The van der Waals surface area contributed by atoms with Crippen LogP contribution in [0.2, 0.25) is 5.02 Å². The van der Waals surface area contributed by atoms with Crippen LogP contribution in [0.3, 0.4) is 0 Å². The number of benzene rings is 2. The minimum Gasteiger partial charge on any atom is -0.494 e. The standard InChI is InChI=1S/C23H28ClN7O4S/c1-25-22(32)16-7-5-6-8-18(16)27-21-17(24)14-26-23(29-21)28-19-10-9-15(13-20(19)35-4)30-36(33,34)12-11-31(2)3/h5-10,13-14,30H,11-12H2,1-4H3,(H,25,32)(H2,26,27,28,29). The Morgan fingerprint density at radius 3 is 2.56 bits per heavy atom. The van der Waals surface area contributed by atoms with Gasteiger partial charge in [0.15, 0.2) is 5.82 Å². The third-order valence-corrected chi connectivity index (χ3v) is 6.47. The van der Waals surface area contributed by atoms with Crippen molar-refractivity contribution >= 4 is 56.4 Å². The molecular weight excluding hydrogens is 506 g/mol. The van der Waals surface area contributed by atoms with Crippen LogP contribution in [0.4, 0.5) is 28.8 Å². The molecule has 13 heteroatoms. The fraction of sp³-hybridized carbons (Fsp3) is 0.261. The Morgan fingerprint density at radius 2 is 1.86 bits per heavy atom. The Labute approximate surface area is 215 Å². The molecule has 192 valence electrons. The Kier molecular flexibility index (Phi) is 8.91. The van der Waals surface area contributed by atoms with Gasteiger partial charge in [0.1, 0.15) is 10.8 Å². The summed E-state index contributed by atoms with van der Waals surface area (Å²) in [6.07, 6.45) is 1.42. The molecule has 0 atom stereocenters. The Balaban J connectivity index is 1.81. The van der Waals surface area contributed by atoms with E-state index >= 15 is 0 Å². The van der Waals surface area contributed by atoms with Crippen LogP contribution in [0.1, 0.15) is 10.4 Å². The summed E-state index contributed by atoms with van der Waals surface area (Å²) in [7, 11) is 3.10. The second-order valence-electron chi connectivity index (χ2n) is 7.90. The zero-order valence-electron chi connectivity index (χ0n) is 20.3. The fourth-order valence-corrected chi connectivity index (χ4v) is 4.41. The van der Waals surface area contributed by atoms with Crippen molar-refractivity contribution in [2.75, 3.05) is 55.9 Å². The minimum absolute atomic E-state index is 0.0419. The first-order chi connectivity index (χ1) is 17.1. The molecule has 0 saturated heterocycles. The first-order valence-corrected chi connectivity index (χ1v) is 12.9. The van der Waals surface area contributed by atoms with E-state index in [0.29, 0.717) is 34.9 Å². The van der Waals surface area contributed by atoms with Crippen LogP contribution in [-0.4, -0.2) is 69.7 Å². The topological polar surface area (TPSA) is 138 Å². The highest BCUT2D eigenvalue weighted by molar-refractivity contribution is 7.92. The summed E-state index contributed by atoms with van der Waals surface area (Å²) >= 11 is 6.29. The predicted molar refractivity (Wildman–Crippen MR) is 142 cm³/mol. The molecule has 0 spiro atoms. The summed E-state index contributed by atoms with van der Waals surface area (Å²) in [4.78, 5) is 22.6. The second-order valence-corrected chi connectivity index (χ2v) is 10.2. The van der Waals surface area contributed by atoms with Gasteiger partial charge in [0, 0.05) is 19.7 Å². The smallest absolute Gasteiger partial charge is 0.253 e. The maximum absolute atomic E-state index is 12.3. The van der Waals surface area contributed by atoms with Crippen molar-refractivity contribution in [3.63, 3.8) is 0 Å². The number of para-hydroxylation sites is 1. The van der Waals surface area contributed by atoms with Gasteiger partial charge in [-0.05, 0) is 38.4 Å². The molecule has 3 aromatic rings. The molecule has 1 heterocycles. The van der Waals surface area contributed by atoms with Crippen LogP contribution in [-0.2, 0) is 10.0 Å². The number of ether oxygens (including phenoxy) is 1. The van der Waals surface area contributed by atoms with E-state index in [9.17, 15) is 13.2 Å². The normalized spacial score (nSPS) is 11.2. The van der Waals surface area contributed by atoms with E-state index in [0.717, 1.165) is 0 Å². The van der Waals surface area contributed by atoms with E-state index in [2.05, 4.69) is 30.6 Å². The second kappa shape index (κ2) is 11.9. The lowest BCUT2D eigenvalue weighted by Gasteiger charge is -2.15. The summed E-state index contributed by atoms with van der Waals surface area (Å²) < 4.78 is 32.6. The molecule has 0 bridgehead atoms. The van der Waals surface area contributed by atoms with E-state index in [1.54, 1.807) is 68.5 Å². The first kappa shape index (κ1) is 27.0. The summed E-state index contributed by atoms with van der Waals surface area (Å²) in [5.74, 6) is 0.566. The number of anilines is 5. The number of halogens is 1. The van der Waals surface area contributed by atoms with Crippen LogP contribution in [0.5, 0.6) is 5.75 Å². The molecule has 2 aromatic carbocycles. The van der Waals surface area contributed by atoms with Gasteiger partial charge >= 0.3 is 0 Å². The zero-order chi connectivity index (χ0) is 26.3. The number of nitrogens with one attached hydrogen (secondary N) is 4. The molecule has 0 unspecified atom stereocenters. The quantitative estimate of drug-likeness (QED) is 0.292. The van der Waals surface area contributed by atoms with Crippen molar-refractivity contribution in [3.8, 4) is 5.75 Å². The number of hydrogen-bond acceptors (Lipinski definition) is 9. The van der Waals surface area contributed by atoms with Gasteiger partial charge < -0.3 is 25.6 Å². The van der Waals surface area contributed by atoms with Gasteiger partial charge in [0.2, 0.25) is 16.0 Å². The molecular formula is C23H28ClN7O4S. The van der Waals surface area contributed by atoms with Crippen LogP contribution < -0.4 is 25.4 Å². The van der Waals surface area contributed by atoms with E-state index in [1.165, 1.54) is 13.3 Å². The van der Waals surface area contributed by atoms with Crippen molar-refractivity contribution < 1.29 is 17.9 Å². The van der Waals surface area contributed by atoms with Gasteiger partial charge in [-0.1, -0.05) is 23.7 Å². The number of methoxy groups -OCH3 is 1. The molecule has 0 saturated carbocycles. The third-order valence-electron chi connectivity index (χ3n) is 4.92. The van der Waals surface area contributed by atoms with Gasteiger partial charge in [-0.2, -0.15) is 4.98 Å². The zero-order valence-corrected chi connectivity index (χ0v) is 21.9. The average Bonchev–Trinajstić information content (AvgIpc) is 2.85. The minimum atomic E-state index is -3.52. The Hall–Kier alpha value is -3.61. The molecule has 4 N–H and O–H groups in total. The monoisotopic (exact) mass is 533 g/mol. The average molecular weight is 534 g/mol. The molecule has 0 aliphatic rings. The molecule has 0 aliphatic heterocycles. The maximum atomic E-state index is 12.3. The van der Waals surface area contributed by atoms with Gasteiger partial charge in [-0.15, -0.1) is 0 Å². The van der Waals surface area contributed by atoms with Crippen molar-refractivity contribution in [2.24, 2.45) is 0 Å². The predicted octanol–water partition coefficient (Wildman–Crippen LogP) is 3.29. The lowest BCUT2D eigenvalue weighted by Crippen LogP contribution is -2.26. The van der Waals surface area contributed by atoms with E-state index in [1.807, 2.05) is 0 Å². The summed E-state index contributed by atoms with van der Waals surface area (Å²) in [5.41, 5.74) is 1.82. The van der Waals surface area contributed by atoms with Gasteiger partial charge in [-0.25, -0.2) is 13.4 Å². The molecule has 11 nitrogen and oxygen atoms in total.